The minimum Gasteiger partial charge on any atom is -0.311 e. The van der Waals surface area contributed by atoms with Crippen molar-refractivity contribution in [3.05, 3.63) is 47.8 Å². The molecule has 2 rings (SSSR count). The van der Waals surface area contributed by atoms with E-state index in [4.69, 9.17) is 0 Å². The molecular weight excluding hydrogens is 256 g/mol. The number of nitrogens with one attached hydrogen (secondary N) is 2. The van der Waals surface area contributed by atoms with Crippen LogP contribution in [0.1, 0.15) is 22.8 Å². The van der Waals surface area contributed by atoms with Gasteiger partial charge in [-0.25, -0.2) is 9.97 Å². The number of amides is 2. The topological polar surface area (TPSA) is 84.0 Å². The highest BCUT2D eigenvalue weighted by Gasteiger charge is 2.09. The van der Waals surface area contributed by atoms with Crippen molar-refractivity contribution in [1.29, 1.82) is 0 Å². The standard InChI is InChI=1S/C14H14N4O2/c1-9-4-3-6-16-13(9)18-14(20)11-5-7-15-12(8-11)17-10(2)19/h3-8H,1-2H3,(H,15,17,19)(H,16,18,20). The number of anilines is 2. The average Bonchev–Trinajstić information content (AvgIpc) is 2.41. The molecule has 0 saturated heterocycles. The lowest BCUT2D eigenvalue weighted by Crippen LogP contribution is -2.15. The largest absolute Gasteiger partial charge is 0.311 e. The number of aromatic nitrogens is 2. The fraction of sp³-hybridized carbons (Fsp3) is 0.143. The number of carbonyl (C=O) groups is 2. The van der Waals surface area contributed by atoms with Gasteiger partial charge in [-0.05, 0) is 30.7 Å². The average molecular weight is 270 g/mol. The summed E-state index contributed by atoms with van der Waals surface area (Å²) in [6, 6.07) is 6.73. The Bertz CT molecular complexity index is 655. The van der Waals surface area contributed by atoms with E-state index in [1.54, 1.807) is 18.3 Å². The summed E-state index contributed by atoms with van der Waals surface area (Å²) >= 11 is 0. The van der Waals surface area contributed by atoms with Crippen molar-refractivity contribution in [2.75, 3.05) is 10.6 Å². The van der Waals surface area contributed by atoms with Crippen LogP contribution in [-0.2, 0) is 4.79 Å². The Balaban J connectivity index is 2.17. The van der Waals surface area contributed by atoms with Crippen LogP contribution in [0.3, 0.4) is 0 Å². The van der Waals surface area contributed by atoms with E-state index >= 15 is 0 Å². The summed E-state index contributed by atoms with van der Waals surface area (Å²) < 4.78 is 0. The van der Waals surface area contributed by atoms with Crippen LogP contribution >= 0.6 is 0 Å². The number of aryl methyl sites for hydroxylation is 1. The molecule has 2 aromatic heterocycles. The summed E-state index contributed by atoms with van der Waals surface area (Å²) in [5, 5.41) is 5.25. The number of rotatable bonds is 3. The second-order valence-electron chi connectivity index (χ2n) is 4.23. The third-order valence-electron chi connectivity index (χ3n) is 2.57. The van der Waals surface area contributed by atoms with Crippen molar-refractivity contribution in [2.45, 2.75) is 13.8 Å². The summed E-state index contributed by atoms with van der Waals surface area (Å²) in [6.07, 6.45) is 3.07. The maximum absolute atomic E-state index is 12.1. The van der Waals surface area contributed by atoms with Crippen LogP contribution in [0.15, 0.2) is 36.7 Å². The van der Waals surface area contributed by atoms with Gasteiger partial charge in [-0.1, -0.05) is 6.07 Å². The van der Waals surface area contributed by atoms with Gasteiger partial charge in [0.1, 0.15) is 11.6 Å². The second kappa shape index (κ2) is 5.92. The monoisotopic (exact) mass is 270 g/mol. The lowest BCUT2D eigenvalue weighted by atomic mass is 10.2. The lowest BCUT2D eigenvalue weighted by molar-refractivity contribution is -0.114. The fourth-order valence-corrected chi connectivity index (χ4v) is 1.62. The molecule has 0 aliphatic heterocycles. The Kier molecular flexibility index (Phi) is 4.05. The van der Waals surface area contributed by atoms with E-state index in [0.717, 1.165) is 5.56 Å². The first-order valence-electron chi connectivity index (χ1n) is 6.03. The zero-order chi connectivity index (χ0) is 14.5. The molecule has 0 radical (unpaired) electrons. The molecule has 2 aromatic rings. The molecule has 0 aliphatic carbocycles. The molecule has 2 N–H and O–H groups in total. The van der Waals surface area contributed by atoms with Gasteiger partial charge in [0.05, 0.1) is 0 Å². The molecule has 0 fully saturated rings. The molecular formula is C14H14N4O2. The third kappa shape index (κ3) is 3.38. The minimum absolute atomic E-state index is 0.240. The Morgan fingerprint density at radius 1 is 1.10 bits per heavy atom. The van der Waals surface area contributed by atoms with Crippen molar-refractivity contribution in [1.82, 2.24) is 9.97 Å². The summed E-state index contributed by atoms with van der Waals surface area (Å²) in [6.45, 7) is 3.24. The van der Waals surface area contributed by atoms with Crippen LogP contribution in [0.2, 0.25) is 0 Å². The Hall–Kier alpha value is -2.76. The predicted molar refractivity (Wildman–Crippen MR) is 75.5 cm³/mol. The van der Waals surface area contributed by atoms with E-state index < -0.39 is 0 Å². The van der Waals surface area contributed by atoms with Crippen LogP contribution in [0.4, 0.5) is 11.6 Å². The van der Waals surface area contributed by atoms with E-state index in [9.17, 15) is 9.59 Å². The first-order valence-corrected chi connectivity index (χ1v) is 6.03. The second-order valence-corrected chi connectivity index (χ2v) is 4.23. The molecule has 6 nitrogen and oxygen atoms in total. The van der Waals surface area contributed by atoms with Crippen LogP contribution < -0.4 is 10.6 Å². The van der Waals surface area contributed by atoms with Crippen molar-refractivity contribution >= 4 is 23.5 Å². The highest BCUT2D eigenvalue weighted by atomic mass is 16.2. The van der Waals surface area contributed by atoms with Crippen molar-refractivity contribution in [2.24, 2.45) is 0 Å². The van der Waals surface area contributed by atoms with E-state index in [1.165, 1.54) is 19.2 Å². The summed E-state index contributed by atoms with van der Waals surface area (Å²) in [5.41, 5.74) is 1.27. The number of carbonyl (C=O) groups excluding carboxylic acids is 2. The molecule has 6 heteroatoms. The Morgan fingerprint density at radius 3 is 2.60 bits per heavy atom. The van der Waals surface area contributed by atoms with Gasteiger partial charge in [-0.15, -0.1) is 0 Å². The molecule has 2 heterocycles. The van der Waals surface area contributed by atoms with Gasteiger partial charge in [0.25, 0.3) is 5.91 Å². The summed E-state index contributed by atoms with van der Waals surface area (Å²) in [7, 11) is 0. The van der Waals surface area contributed by atoms with Gasteiger partial charge in [-0.3, -0.25) is 9.59 Å². The van der Waals surface area contributed by atoms with Gasteiger partial charge in [-0.2, -0.15) is 0 Å². The SMILES string of the molecule is CC(=O)Nc1cc(C(=O)Nc2ncccc2C)ccn1. The zero-order valence-corrected chi connectivity index (χ0v) is 11.2. The van der Waals surface area contributed by atoms with Crippen LogP contribution in [0.5, 0.6) is 0 Å². The molecule has 0 spiro atoms. The van der Waals surface area contributed by atoms with Crippen LogP contribution in [0.25, 0.3) is 0 Å². The number of hydrogen-bond donors (Lipinski definition) is 2. The third-order valence-corrected chi connectivity index (χ3v) is 2.57. The molecule has 0 bridgehead atoms. The normalized spacial score (nSPS) is 9.90. The molecule has 0 aliphatic rings. The van der Waals surface area contributed by atoms with Crippen molar-refractivity contribution < 1.29 is 9.59 Å². The van der Waals surface area contributed by atoms with E-state index in [-0.39, 0.29) is 11.8 Å². The highest BCUT2D eigenvalue weighted by molar-refractivity contribution is 6.04. The van der Waals surface area contributed by atoms with Crippen molar-refractivity contribution in [3.63, 3.8) is 0 Å². The molecule has 0 aromatic carbocycles. The minimum atomic E-state index is -0.305. The van der Waals surface area contributed by atoms with Crippen LogP contribution in [0, 0.1) is 6.92 Å². The first-order chi connectivity index (χ1) is 9.56. The molecule has 0 atom stereocenters. The highest BCUT2D eigenvalue weighted by Crippen LogP contribution is 2.12. The van der Waals surface area contributed by atoms with Gasteiger partial charge in [0.15, 0.2) is 0 Å². The number of hydrogen-bond acceptors (Lipinski definition) is 4. The van der Waals surface area contributed by atoms with E-state index in [0.29, 0.717) is 17.2 Å². The number of nitrogens with zero attached hydrogens (tertiary/aromatic N) is 2. The molecule has 20 heavy (non-hydrogen) atoms. The zero-order valence-electron chi connectivity index (χ0n) is 11.2. The van der Waals surface area contributed by atoms with Crippen LogP contribution in [-0.4, -0.2) is 21.8 Å². The van der Waals surface area contributed by atoms with E-state index in [2.05, 4.69) is 20.6 Å². The van der Waals surface area contributed by atoms with Gasteiger partial charge >= 0.3 is 0 Å². The maximum Gasteiger partial charge on any atom is 0.257 e. The summed E-state index contributed by atoms with van der Waals surface area (Å²) in [5.74, 6) is 0.301. The maximum atomic E-state index is 12.1. The molecule has 0 saturated carbocycles. The number of pyridine rings is 2. The van der Waals surface area contributed by atoms with Crippen molar-refractivity contribution in [3.8, 4) is 0 Å². The van der Waals surface area contributed by atoms with Gasteiger partial charge in [0, 0.05) is 24.9 Å². The van der Waals surface area contributed by atoms with Gasteiger partial charge in [0.2, 0.25) is 5.91 Å². The van der Waals surface area contributed by atoms with E-state index in [1.807, 2.05) is 13.0 Å². The Morgan fingerprint density at radius 2 is 1.90 bits per heavy atom. The molecule has 0 unspecified atom stereocenters. The Labute approximate surface area is 116 Å². The summed E-state index contributed by atoms with van der Waals surface area (Å²) in [4.78, 5) is 31.1. The van der Waals surface area contributed by atoms with Gasteiger partial charge < -0.3 is 10.6 Å². The lowest BCUT2D eigenvalue weighted by Gasteiger charge is -2.08. The quantitative estimate of drug-likeness (QED) is 0.893. The fourth-order valence-electron chi connectivity index (χ4n) is 1.62. The smallest absolute Gasteiger partial charge is 0.257 e. The first kappa shape index (κ1) is 13.7. The predicted octanol–water partition coefficient (Wildman–Crippen LogP) is 2.00. The molecule has 102 valence electrons. The molecule has 2 amide bonds.